The Bertz CT molecular complexity index is 412. The smallest absolute Gasteiger partial charge is 0.323 e. The van der Waals surface area contributed by atoms with Gasteiger partial charge in [0.05, 0.1) is 0 Å². The Labute approximate surface area is 108 Å². The van der Waals surface area contributed by atoms with E-state index in [-0.39, 0.29) is 11.8 Å². The van der Waals surface area contributed by atoms with Gasteiger partial charge in [0, 0.05) is 6.04 Å². The Morgan fingerprint density at radius 3 is 2.22 bits per heavy atom. The number of carboxylic acid groups (broad SMARTS) is 1. The molecule has 1 atom stereocenters. The van der Waals surface area contributed by atoms with E-state index in [2.05, 4.69) is 0 Å². The van der Waals surface area contributed by atoms with Crippen LogP contribution in [0.25, 0.3) is 0 Å². The Morgan fingerprint density at radius 1 is 1.33 bits per heavy atom. The minimum atomic E-state index is -0.932. The number of aromatic hydroxyl groups is 1. The van der Waals surface area contributed by atoms with E-state index in [1.54, 1.807) is 26.0 Å². The van der Waals surface area contributed by atoms with Crippen LogP contribution < -0.4 is 0 Å². The second-order valence-electron chi connectivity index (χ2n) is 4.99. The summed E-state index contributed by atoms with van der Waals surface area (Å²) in [7, 11) is 1.81. The molecule has 1 aromatic carbocycles. The lowest BCUT2D eigenvalue weighted by Gasteiger charge is -2.38. The molecule has 0 saturated heterocycles. The van der Waals surface area contributed by atoms with E-state index in [1.807, 2.05) is 31.0 Å². The minimum absolute atomic E-state index is 0.0108. The standard InChI is InChI=1S/C14H21NO3/c1-5-12(10-6-8-11(16)9-7-10)15(4)14(2,3)13(17)18/h6-9,12,16H,5H2,1-4H3,(H,17,18). The van der Waals surface area contributed by atoms with Crippen molar-refractivity contribution in [3.05, 3.63) is 29.8 Å². The highest BCUT2D eigenvalue weighted by Crippen LogP contribution is 2.30. The van der Waals surface area contributed by atoms with E-state index in [9.17, 15) is 15.0 Å². The van der Waals surface area contributed by atoms with Gasteiger partial charge in [-0.3, -0.25) is 9.69 Å². The van der Waals surface area contributed by atoms with Gasteiger partial charge in [-0.15, -0.1) is 0 Å². The van der Waals surface area contributed by atoms with Crippen LogP contribution >= 0.6 is 0 Å². The highest BCUT2D eigenvalue weighted by atomic mass is 16.4. The fourth-order valence-corrected chi connectivity index (χ4v) is 1.97. The summed E-state index contributed by atoms with van der Waals surface area (Å²) in [6, 6.07) is 6.92. The quantitative estimate of drug-likeness (QED) is 0.844. The van der Waals surface area contributed by atoms with Crippen molar-refractivity contribution in [1.82, 2.24) is 4.90 Å². The molecular weight excluding hydrogens is 230 g/mol. The predicted molar refractivity (Wildman–Crippen MR) is 70.6 cm³/mol. The summed E-state index contributed by atoms with van der Waals surface area (Å²) in [4.78, 5) is 13.1. The molecule has 18 heavy (non-hydrogen) atoms. The van der Waals surface area contributed by atoms with Crippen molar-refractivity contribution in [3.8, 4) is 5.75 Å². The van der Waals surface area contributed by atoms with Gasteiger partial charge in [0.2, 0.25) is 0 Å². The Balaban J connectivity index is 3.03. The lowest BCUT2D eigenvalue weighted by atomic mass is 9.95. The number of benzene rings is 1. The van der Waals surface area contributed by atoms with Gasteiger partial charge >= 0.3 is 5.97 Å². The van der Waals surface area contributed by atoms with Crippen LogP contribution in [0, 0.1) is 0 Å². The van der Waals surface area contributed by atoms with Crippen molar-refractivity contribution in [2.45, 2.75) is 38.8 Å². The Kier molecular flexibility index (Phi) is 4.35. The van der Waals surface area contributed by atoms with Crippen LogP contribution in [0.5, 0.6) is 5.75 Å². The first kappa shape index (κ1) is 14.5. The van der Waals surface area contributed by atoms with E-state index >= 15 is 0 Å². The topological polar surface area (TPSA) is 60.8 Å². The molecule has 0 aliphatic heterocycles. The van der Waals surface area contributed by atoms with E-state index in [0.29, 0.717) is 0 Å². The molecule has 0 amide bonds. The van der Waals surface area contributed by atoms with E-state index in [1.165, 1.54) is 0 Å². The first-order chi connectivity index (χ1) is 8.30. The maximum absolute atomic E-state index is 11.3. The monoisotopic (exact) mass is 251 g/mol. The average molecular weight is 251 g/mol. The van der Waals surface area contributed by atoms with Gasteiger partial charge in [0.15, 0.2) is 0 Å². The largest absolute Gasteiger partial charge is 0.508 e. The summed E-state index contributed by atoms with van der Waals surface area (Å²) >= 11 is 0. The molecule has 0 saturated carbocycles. The molecule has 0 bridgehead atoms. The maximum atomic E-state index is 11.3. The summed E-state index contributed by atoms with van der Waals surface area (Å²) in [5, 5.41) is 18.6. The van der Waals surface area contributed by atoms with Crippen LogP contribution in [-0.2, 0) is 4.79 Å². The lowest BCUT2D eigenvalue weighted by molar-refractivity contribution is -0.150. The third kappa shape index (κ3) is 2.82. The van der Waals surface area contributed by atoms with Gasteiger partial charge in [-0.2, -0.15) is 0 Å². The molecule has 1 rings (SSSR count). The number of phenols is 1. The zero-order valence-electron chi connectivity index (χ0n) is 11.3. The fourth-order valence-electron chi connectivity index (χ4n) is 1.97. The number of carboxylic acids is 1. The number of aliphatic carboxylic acids is 1. The summed E-state index contributed by atoms with van der Waals surface area (Å²) in [6.07, 6.45) is 0.804. The van der Waals surface area contributed by atoms with Gasteiger partial charge in [-0.1, -0.05) is 19.1 Å². The van der Waals surface area contributed by atoms with Crippen molar-refractivity contribution in [3.63, 3.8) is 0 Å². The van der Waals surface area contributed by atoms with Crippen LogP contribution in [0.4, 0.5) is 0 Å². The number of hydrogen-bond donors (Lipinski definition) is 2. The average Bonchev–Trinajstić information content (AvgIpc) is 2.32. The van der Waals surface area contributed by atoms with Crippen molar-refractivity contribution in [1.29, 1.82) is 0 Å². The first-order valence-electron chi connectivity index (χ1n) is 6.06. The number of hydrogen-bond acceptors (Lipinski definition) is 3. The van der Waals surface area contributed by atoms with Gasteiger partial charge < -0.3 is 10.2 Å². The van der Waals surface area contributed by atoms with Gasteiger partial charge in [0.1, 0.15) is 11.3 Å². The van der Waals surface area contributed by atoms with Gasteiger partial charge in [-0.05, 0) is 45.0 Å². The highest BCUT2D eigenvalue weighted by Gasteiger charge is 2.36. The van der Waals surface area contributed by atoms with E-state index in [4.69, 9.17) is 0 Å². The SMILES string of the molecule is CCC(c1ccc(O)cc1)N(C)C(C)(C)C(=O)O. The molecule has 0 aromatic heterocycles. The van der Waals surface area contributed by atoms with Gasteiger partial charge in [0.25, 0.3) is 0 Å². The molecule has 0 aliphatic carbocycles. The second-order valence-corrected chi connectivity index (χ2v) is 4.99. The summed E-state index contributed by atoms with van der Waals surface area (Å²) in [5.74, 6) is -0.629. The maximum Gasteiger partial charge on any atom is 0.323 e. The van der Waals surface area contributed by atoms with Crippen molar-refractivity contribution in [2.24, 2.45) is 0 Å². The molecule has 4 heteroatoms. The molecule has 1 aromatic rings. The number of phenolic OH excluding ortho intramolecular Hbond substituents is 1. The molecule has 0 radical (unpaired) electrons. The van der Waals surface area contributed by atoms with E-state index in [0.717, 1.165) is 12.0 Å². The third-order valence-electron chi connectivity index (χ3n) is 3.54. The van der Waals surface area contributed by atoms with Crippen LogP contribution in [0.2, 0.25) is 0 Å². The molecule has 4 nitrogen and oxygen atoms in total. The van der Waals surface area contributed by atoms with Crippen LogP contribution in [0.1, 0.15) is 38.8 Å². The molecular formula is C14H21NO3. The summed E-state index contributed by atoms with van der Waals surface area (Å²) in [6.45, 7) is 5.41. The Morgan fingerprint density at radius 2 is 1.83 bits per heavy atom. The second kappa shape index (κ2) is 5.40. The molecule has 0 heterocycles. The van der Waals surface area contributed by atoms with Crippen molar-refractivity contribution < 1.29 is 15.0 Å². The van der Waals surface area contributed by atoms with Crippen LogP contribution in [0.15, 0.2) is 24.3 Å². The zero-order chi connectivity index (χ0) is 13.9. The highest BCUT2D eigenvalue weighted by molar-refractivity contribution is 5.77. The number of rotatable bonds is 5. The van der Waals surface area contributed by atoms with Crippen molar-refractivity contribution in [2.75, 3.05) is 7.05 Å². The fraction of sp³-hybridized carbons (Fsp3) is 0.500. The number of carbonyl (C=O) groups is 1. The molecule has 0 spiro atoms. The Hall–Kier alpha value is -1.55. The minimum Gasteiger partial charge on any atom is -0.508 e. The molecule has 0 aliphatic rings. The number of likely N-dealkylation sites (N-methyl/N-ethyl adjacent to an activating group) is 1. The zero-order valence-corrected chi connectivity index (χ0v) is 11.3. The van der Waals surface area contributed by atoms with Crippen molar-refractivity contribution >= 4 is 5.97 Å². The van der Waals surface area contributed by atoms with E-state index < -0.39 is 11.5 Å². The van der Waals surface area contributed by atoms with Crippen LogP contribution in [0.3, 0.4) is 0 Å². The predicted octanol–water partition coefficient (Wildman–Crippen LogP) is 2.64. The summed E-state index contributed by atoms with van der Waals surface area (Å²) < 4.78 is 0. The molecule has 0 fully saturated rings. The molecule has 1 unspecified atom stereocenters. The lowest BCUT2D eigenvalue weighted by Crippen LogP contribution is -2.49. The van der Waals surface area contributed by atoms with Gasteiger partial charge in [-0.25, -0.2) is 0 Å². The first-order valence-corrected chi connectivity index (χ1v) is 6.06. The molecule has 2 N–H and O–H groups in total. The third-order valence-corrected chi connectivity index (χ3v) is 3.54. The normalized spacial score (nSPS) is 13.6. The molecule has 100 valence electrons. The summed E-state index contributed by atoms with van der Waals surface area (Å²) in [5.41, 5.74) is 0.0746. The number of nitrogens with zero attached hydrogens (tertiary/aromatic N) is 1. The van der Waals surface area contributed by atoms with Crippen LogP contribution in [-0.4, -0.2) is 33.7 Å².